The van der Waals surface area contributed by atoms with E-state index in [2.05, 4.69) is 30.2 Å². The van der Waals surface area contributed by atoms with E-state index < -0.39 is 0 Å². The van der Waals surface area contributed by atoms with Crippen LogP contribution >= 0.6 is 0 Å². The third-order valence-corrected chi connectivity index (χ3v) is 5.57. The minimum Gasteiger partial charge on any atom is -0.378 e. The molecule has 3 nitrogen and oxygen atoms in total. The van der Waals surface area contributed by atoms with Crippen LogP contribution < -0.4 is 5.32 Å². The third kappa shape index (κ3) is 2.74. The molecule has 3 heteroatoms. The molecule has 1 N–H and O–H groups in total. The van der Waals surface area contributed by atoms with Crippen LogP contribution in [-0.4, -0.2) is 23.7 Å². The highest BCUT2D eigenvalue weighted by Crippen LogP contribution is 2.54. The van der Waals surface area contributed by atoms with Gasteiger partial charge in [-0.2, -0.15) is 0 Å². The van der Waals surface area contributed by atoms with E-state index in [1.165, 1.54) is 43.4 Å². The number of rotatable bonds is 6. The summed E-state index contributed by atoms with van der Waals surface area (Å²) in [5, 5.41) is 3.79. The lowest BCUT2D eigenvalue weighted by atomic mass is 9.60. The van der Waals surface area contributed by atoms with E-state index in [0.29, 0.717) is 17.6 Å². The number of pyridine rings is 1. The first kappa shape index (κ1) is 15.0. The first-order valence-corrected chi connectivity index (χ1v) is 8.58. The second kappa shape index (κ2) is 6.45. The lowest BCUT2D eigenvalue weighted by Gasteiger charge is -2.54. The normalized spacial score (nSPS) is 27.0. The molecule has 0 radical (unpaired) electrons. The SMILES string of the molecule is CCOC1CC(NCc2ncccc2CC)C12CCCC2. The van der Waals surface area contributed by atoms with E-state index in [0.717, 1.165) is 19.6 Å². The lowest BCUT2D eigenvalue weighted by Crippen LogP contribution is -2.62. The fourth-order valence-electron chi connectivity index (χ4n) is 4.35. The van der Waals surface area contributed by atoms with Crippen molar-refractivity contribution in [2.24, 2.45) is 5.41 Å². The minimum absolute atomic E-state index is 0.414. The van der Waals surface area contributed by atoms with Crippen LogP contribution in [0.4, 0.5) is 0 Å². The fourth-order valence-corrected chi connectivity index (χ4v) is 4.35. The van der Waals surface area contributed by atoms with Crippen molar-refractivity contribution in [1.29, 1.82) is 0 Å². The molecule has 2 unspecified atom stereocenters. The molecule has 21 heavy (non-hydrogen) atoms. The van der Waals surface area contributed by atoms with Crippen LogP contribution in [0.25, 0.3) is 0 Å². The molecule has 0 saturated heterocycles. The Morgan fingerprint density at radius 3 is 2.86 bits per heavy atom. The highest BCUT2D eigenvalue weighted by molar-refractivity contribution is 5.20. The zero-order valence-electron chi connectivity index (χ0n) is 13.4. The van der Waals surface area contributed by atoms with Gasteiger partial charge in [-0.05, 0) is 44.2 Å². The van der Waals surface area contributed by atoms with Crippen LogP contribution in [0.3, 0.4) is 0 Å². The summed E-state index contributed by atoms with van der Waals surface area (Å²) in [5.41, 5.74) is 3.00. The predicted octanol–water partition coefficient (Wildman–Crippen LogP) is 3.47. The van der Waals surface area contributed by atoms with E-state index in [4.69, 9.17) is 4.74 Å². The Balaban J connectivity index is 1.63. The second-order valence-corrected chi connectivity index (χ2v) is 6.52. The molecule has 2 atom stereocenters. The summed E-state index contributed by atoms with van der Waals surface area (Å²) in [4.78, 5) is 4.56. The molecule has 0 bridgehead atoms. The predicted molar refractivity (Wildman–Crippen MR) is 85.2 cm³/mol. The molecule has 1 heterocycles. The Bertz CT molecular complexity index is 468. The number of ether oxygens (including phenoxy) is 1. The molecule has 0 aliphatic heterocycles. The monoisotopic (exact) mass is 288 g/mol. The van der Waals surface area contributed by atoms with Crippen LogP contribution in [0.15, 0.2) is 18.3 Å². The fraction of sp³-hybridized carbons (Fsp3) is 0.722. The van der Waals surface area contributed by atoms with E-state index in [1.54, 1.807) is 0 Å². The summed E-state index contributed by atoms with van der Waals surface area (Å²) in [6.45, 7) is 6.06. The maximum Gasteiger partial charge on any atom is 0.0661 e. The van der Waals surface area contributed by atoms with Gasteiger partial charge in [-0.3, -0.25) is 4.98 Å². The Kier molecular flexibility index (Phi) is 4.60. The van der Waals surface area contributed by atoms with Crippen molar-refractivity contribution >= 4 is 0 Å². The Morgan fingerprint density at radius 2 is 2.14 bits per heavy atom. The van der Waals surface area contributed by atoms with Crippen LogP contribution in [0, 0.1) is 5.41 Å². The molecule has 2 aliphatic carbocycles. The largest absolute Gasteiger partial charge is 0.378 e. The summed E-state index contributed by atoms with van der Waals surface area (Å²) in [5.74, 6) is 0. The average Bonchev–Trinajstić information content (AvgIpc) is 3.03. The summed E-state index contributed by atoms with van der Waals surface area (Å²) in [6, 6.07) is 4.84. The maximum atomic E-state index is 5.99. The first-order valence-electron chi connectivity index (χ1n) is 8.58. The van der Waals surface area contributed by atoms with Gasteiger partial charge in [0.2, 0.25) is 0 Å². The van der Waals surface area contributed by atoms with Crippen LogP contribution in [0.1, 0.15) is 57.2 Å². The van der Waals surface area contributed by atoms with Crippen LogP contribution in [0.2, 0.25) is 0 Å². The van der Waals surface area contributed by atoms with Crippen LogP contribution in [0.5, 0.6) is 0 Å². The Labute approximate surface area is 128 Å². The number of nitrogens with zero attached hydrogens (tertiary/aromatic N) is 1. The molecular weight excluding hydrogens is 260 g/mol. The number of hydrogen-bond acceptors (Lipinski definition) is 3. The molecule has 2 saturated carbocycles. The molecule has 1 aromatic rings. The number of nitrogens with one attached hydrogen (secondary N) is 1. The summed E-state index contributed by atoms with van der Waals surface area (Å²) >= 11 is 0. The van der Waals surface area contributed by atoms with Gasteiger partial charge in [0.1, 0.15) is 0 Å². The van der Waals surface area contributed by atoms with Crippen molar-refractivity contribution in [3.8, 4) is 0 Å². The van der Waals surface area contributed by atoms with Crippen molar-refractivity contribution in [2.45, 2.75) is 71.1 Å². The summed E-state index contributed by atoms with van der Waals surface area (Å²) < 4.78 is 5.99. The van der Waals surface area contributed by atoms with Gasteiger partial charge in [0.15, 0.2) is 0 Å². The van der Waals surface area contributed by atoms with E-state index in [1.807, 2.05) is 12.3 Å². The van der Waals surface area contributed by atoms with Crippen molar-refractivity contribution in [2.75, 3.05) is 6.61 Å². The van der Waals surface area contributed by atoms with Gasteiger partial charge in [0.25, 0.3) is 0 Å². The highest BCUT2D eigenvalue weighted by atomic mass is 16.5. The van der Waals surface area contributed by atoms with Gasteiger partial charge in [-0.25, -0.2) is 0 Å². The first-order chi connectivity index (χ1) is 10.3. The number of aryl methyl sites for hydroxylation is 1. The van der Waals surface area contributed by atoms with Gasteiger partial charge >= 0.3 is 0 Å². The Morgan fingerprint density at radius 1 is 1.33 bits per heavy atom. The molecule has 116 valence electrons. The average molecular weight is 288 g/mol. The summed E-state index contributed by atoms with van der Waals surface area (Å²) in [7, 11) is 0. The highest BCUT2D eigenvalue weighted by Gasteiger charge is 2.56. The van der Waals surface area contributed by atoms with Gasteiger partial charge in [0.05, 0.1) is 11.8 Å². The van der Waals surface area contributed by atoms with E-state index in [-0.39, 0.29) is 0 Å². The molecule has 0 amide bonds. The zero-order valence-corrected chi connectivity index (χ0v) is 13.4. The maximum absolute atomic E-state index is 5.99. The van der Waals surface area contributed by atoms with E-state index in [9.17, 15) is 0 Å². The summed E-state index contributed by atoms with van der Waals surface area (Å²) in [6.07, 6.45) is 10.0. The molecule has 2 fully saturated rings. The van der Waals surface area contributed by atoms with Gasteiger partial charge in [0, 0.05) is 30.8 Å². The third-order valence-electron chi connectivity index (χ3n) is 5.57. The van der Waals surface area contributed by atoms with E-state index >= 15 is 0 Å². The number of hydrogen-bond donors (Lipinski definition) is 1. The van der Waals surface area contributed by atoms with Crippen molar-refractivity contribution < 1.29 is 4.74 Å². The topological polar surface area (TPSA) is 34.1 Å². The zero-order chi connectivity index (χ0) is 14.7. The van der Waals surface area contributed by atoms with Crippen molar-refractivity contribution in [3.05, 3.63) is 29.6 Å². The van der Waals surface area contributed by atoms with Gasteiger partial charge in [-0.1, -0.05) is 25.8 Å². The molecule has 2 aliphatic rings. The molecule has 0 aromatic carbocycles. The molecular formula is C18H28N2O. The standard InChI is InChI=1S/C18H28N2O/c1-3-14-8-7-11-19-15(14)13-20-16-12-17(21-4-2)18(16)9-5-6-10-18/h7-8,11,16-17,20H,3-6,9-10,12-13H2,1-2H3. The quantitative estimate of drug-likeness (QED) is 0.870. The van der Waals surface area contributed by atoms with Gasteiger partial charge in [-0.15, -0.1) is 0 Å². The lowest BCUT2D eigenvalue weighted by molar-refractivity contribution is -0.130. The molecule has 3 rings (SSSR count). The number of aromatic nitrogens is 1. The van der Waals surface area contributed by atoms with Crippen LogP contribution in [-0.2, 0) is 17.7 Å². The van der Waals surface area contributed by atoms with Crippen molar-refractivity contribution in [1.82, 2.24) is 10.3 Å². The molecule has 1 aromatic heterocycles. The van der Waals surface area contributed by atoms with Crippen molar-refractivity contribution in [3.63, 3.8) is 0 Å². The second-order valence-electron chi connectivity index (χ2n) is 6.52. The molecule has 1 spiro atoms. The minimum atomic E-state index is 0.414. The Hall–Kier alpha value is -0.930. The van der Waals surface area contributed by atoms with Gasteiger partial charge < -0.3 is 10.1 Å². The smallest absolute Gasteiger partial charge is 0.0661 e.